The van der Waals surface area contributed by atoms with Crippen LogP contribution in [0.1, 0.15) is 26.5 Å². The van der Waals surface area contributed by atoms with Crippen molar-refractivity contribution < 1.29 is 9.84 Å². The summed E-state index contributed by atoms with van der Waals surface area (Å²) in [4.78, 5) is 11.6. The fourth-order valence-electron chi connectivity index (χ4n) is 2.21. The third-order valence-corrected chi connectivity index (χ3v) is 3.26. The first-order valence-electron chi connectivity index (χ1n) is 5.66. The van der Waals surface area contributed by atoms with Crippen LogP contribution in [-0.4, -0.2) is 21.9 Å². The molecule has 0 saturated carbocycles. The Hall–Kier alpha value is -1.13. The summed E-state index contributed by atoms with van der Waals surface area (Å²) in [5, 5.41) is 10.1. The molecule has 0 amide bonds. The highest BCUT2D eigenvalue weighted by Crippen LogP contribution is 2.34. The number of aliphatic hydroxyl groups excluding tert-OH is 1. The number of aliphatic hydroxyl groups is 1. The molecule has 1 saturated heterocycles. The van der Waals surface area contributed by atoms with Gasteiger partial charge in [0.25, 0.3) is 5.56 Å². The van der Waals surface area contributed by atoms with E-state index in [1.807, 2.05) is 13.8 Å². The van der Waals surface area contributed by atoms with E-state index in [-0.39, 0.29) is 17.6 Å². The van der Waals surface area contributed by atoms with Crippen molar-refractivity contribution in [3.05, 3.63) is 34.7 Å². The van der Waals surface area contributed by atoms with Crippen molar-refractivity contribution >= 4 is 0 Å². The second kappa shape index (κ2) is 4.39. The predicted molar refractivity (Wildman–Crippen MR) is 60.1 cm³/mol. The summed E-state index contributed by atoms with van der Waals surface area (Å²) < 4.78 is 7.17. The van der Waals surface area contributed by atoms with Crippen LogP contribution in [0.4, 0.5) is 0 Å². The lowest BCUT2D eigenvalue weighted by Gasteiger charge is -2.17. The number of pyridine rings is 1. The van der Waals surface area contributed by atoms with E-state index in [9.17, 15) is 9.90 Å². The van der Waals surface area contributed by atoms with E-state index in [4.69, 9.17) is 4.74 Å². The van der Waals surface area contributed by atoms with Gasteiger partial charge in [-0.2, -0.15) is 0 Å². The fraction of sp³-hybridized carbons (Fsp3) is 0.583. The molecular weight excluding hydrogens is 206 g/mol. The first-order valence-corrected chi connectivity index (χ1v) is 5.66. The highest BCUT2D eigenvalue weighted by Gasteiger charge is 2.40. The van der Waals surface area contributed by atoms with Crippen molar-refractivity contribution in [1.82, 2.24) is 4.57 Å². The van der Waals surface area contributed by atoms with Gasteiger partial charge in [-0.15, -0.1) is 0 Å². The Morgan fingerprint density at radius 1 is 1.50 bits per heavy atom. The molecule has 0 bridgehead atoms. The number of hydrogen-bond acceptors (Lipinski definition) is 3. The Bertz CT molecular complexity index is 415. The highest BCUT2D eigenvalue weighted by molar-refractivity contribution is 4.97. The Morgan fingerprint density at radius 3 is 2.81 bits per heavy atom. The van der Waals surface area contributed by atoms with Crippen LogP contribution in [-0.2, 0) is 4.74 Å². The van der Waals surface area contributed by atoms with Gasteiger partial charge in [-0.05, 0) is 12.5 Å². The highest BCUT2D eigenvalue weighted by atomic mass is 16.5. The molecule has 0 radical (unpaired) electrons. The first kappa shape index (κ1) is 11.4. The Balaban J connectivity index is 2.30. The van der Waals surface area contributed by atoms with E-state index in [0.29, 0.717) is 0 Å². The quantitative estimate of drug-likeness (QED) is 0.818. The predicted octanol–water partition coefficient (Wildman–Crippen LogP) is 1.15. The van der Waals surface area contributed by atoms with E-state index in [1.165, 1.54) is 10.6 Å². The van der Waals surface area contributed by atoms with Gasteiger partial charge in [0.15, 0.2) is 6.23 Å². The largest absolute Gasteiger partial charge is 0.388 e. The molecule has 4 nitrogen and oxygen atoms in total. The Labute approximate surface area is 94.5 Å². The van der Waals surface area contributed by atoms with Gasteiger partial charge in [0, 0.05) is 18.2 Å². The zero-order valence-corrected chi connectivity index (χ0v) is 9.54. The minimum Gasteiger partial charge on any atom is -0.388 e. The molecule has 1 aliphatic rings. The van der Waals surface area contributed by atoms with Gasteiger partial charge in [-0.1, -0.05) is 19.9 Å². The van der Waals surface area contributed by atoms with Gasteiger partial charge in [-0.25, -0.2) is 0 Å². The van der Waals surface area contributed by atoms with Crippen molar-refractivity contribution in [3.63, 3.8) is 0 Å². The molecule has 88 valence electrons. The second-order valence-electron chi connectivity index (χ2n) is 4.27. The smallest absolute Gasteiger partial charge is 0.252 e. The van der Waals surface area contributed by atoms with Gasteiger partial charge in [0.05, 0.1) is 6.10 Å². The summed E-state index contributed by atoms with van der Waals surface area (Å²) in [6.07, 6.45) is 1.35. The molecule has 0 aliphatic carbocycles. The average molecular weight is 223 g/mol. The molecule has 0 aromatic carbocycles. The summed E-state index contributed by atoms with van der Waals surface area (Å²) in [5.74, 6) is 0.0575. The Kier molecular flexibility index (Phi) is 3.12. The maximum atomic E-state index is 11.6. The third kappa shape index (κ3) is 1.79. The molecule has 1 aromatic rings. The summed E-state index contributed by atoms with van der Waals surface area (Å²) in [6.45, 7) is 3.97. The van der Waals surface area contributed by atoms with Crippen LogP contribution < -0.4 is 5.56 Å². The fourth-order valence-corrected chi connectivity index (χ4v) is 2.21. The zero-order valence-electron chi connectivity index (χ0n) is 9.54. The summed E-state index contributed by atoms with van der Waals surface area (Å²) in [7, 11) is 0. The average Bonchev–Trinajstić information content (AvgIpc) is 2.57. The molecule has 0 unspecified atom stereocenters. The number of ether oxygens (including phenoxy) is 1. The topological polar surface area (TPSA) is 51.5 Å². The van der Waals surface area contributed by atoms with E-state index in [1.54, 1.807) is 18.3 Å². The first-order chi connectivity index (χ1) is 7.65. The Morgan fingerprint density at radius 2 is 2.25 bits per heavy atom. The molecule has 0 spiro atoms. The molecule has 1 N–H and O–H groups in total. The minimum atomic E-state index is -0.620. The van der Waals surface area contributed by atoms with Gasteiger partial charge in [0.1, 0.15) is 6.10 Å². The maximum absolute atomic E-state index is 11.6. The minimum absolute atomic E-state index is 0.0205. The molecule has 16 heavy (non-hydrogen) atoms. The second-order valence-corrected chi connectivity index (χ2v) is 4.27. The van der Waals surface area contributed by atoms with E-state index < -0.39 is 12.3 Å². The number of hydrogen-bond donors (Lipinski definition) is 1. The van der Waals surface area contributed by atoms with Crippen molar-refractivity contribution in [2.45, 2.75) is 38.7 Å². The van der Waals surface area contributed by atoms with Crippen LogP contribution in [0.15, 0.2) is 29.2 Å². The molecule has 1 aliphatic heterocycles. The normalized spacial score (nSPS) is 34.2. The SMILES string of the molecule is CC[C@H]1O[C@@H](n2ccccc2=O)[C@H](O)[C@@H]1C. The molecule has 4 atom stereocenters. The van der Waals surface area contributed by atoms with Gasteiger partial charge < -0.3 is 9.84 Å². The van der Waals surface area contributed by atoms with Crippen LogP contribution >= 0.6 is 0 Å². The molecule has 1 aromatic heterocycles. The lowest BCUT2D eigenvalue weighted by molar-refractivity contribution is -0.0396. The van der Waals surface area contributed by atoms with Crippen LogP contribution in [0.2, 0.25) is 0 Å². The number of rotatable bonds is 2. The van der Waals surface area contributed by atoms with Crippen LogP contribution in [0.3, 0.4) is 0 Å². The van der Waals surface area contributed by atoms with Crippen LogP contribution in [0, 0.1) is 5.92 Å². The monoisotopic (exact) mass is 223 g/mol. The standard InChI is InChI=1S/C12H17NO3/c1-3-9-8(2)11(15)12(16-9)13-7-5-4-6-10(13)14/h4-9,11-12,15H,3H2,1-2H3/t8-,9-,11-,12-/m1/s1. The molecule has 1 fully saturated rings. The van der Waals surface area contributed by atoms with Gasteiger partial charge in [-0.3, -0.25) is 9.36 Å². The molecule has 4 heteroatoms. The van der Waals surface area contributed by atoms with Crippen molar-refractivity contribution in [3.8, 4) is 0 Å². The maximum Gasteiger partial charge on any atom is 0.252 e. The molecule has 2 rings (SSSR count). The summed E-state index contributed by atoms with van der Waals surface area (Å²) in [5.41, 5.74) is -0.143. The van der Waals surface area contributed by atoms with E-state index in [2.05, 4.69) is 0 Å². The number of nitrogens with zero attached hydrogens (tertiary/aromatic N) is 1. The lowest BCUT2D eigenvalue weighted by atomic mass is 9.99. The van der Waals surface area contributed by atoms with Crippen molar-refractivity contribution in [2.75, 3.05) is 0 Å². The van der Waals surface area contributed by atoms with Crippen molar-refractivity contribution in [2.24, 2.45) is 5.92 Å². The van der Waals surface area contributed by atoms with Crippen molar-refractivity contribution in [1.29, 1.82) is 0 Å². The van der Waals surface area contributed by atoms with Gasteiger partial charge >= 0.3 is 0 Å². The van der Waals surface area contributed by atoms with Gasteiger partial charge in [0.2, 0.25) is 0 Å². The third-order valence-electron chi connectivity index (χ3n) is 3.26. The summed E-state index contributed by atoms with van der Waals surface area (Å²) in [6, 6.07) is 4.92. The van der Waals surface area contributed by atoms with E-state index in [0.717, 1.165) is 6.42 Å². The van der Waals surface area contributed by atoms with Crippen LogP contribution in [0.25, 0.3) is 0 Å². The summed E-state index contributed by atoms with van der Waals surface area (Å²) >= 11 is 0. The molecular formula is C12H17NO3. The lowest BCUT2D eigenvalue weighted by Crippen LogP contribution is -2.30. The van der Waals surface area contributed by atoms with E-state index >= 15 is 0 Å². The van der Waals surface area contributed by atoms with Crippen LogP contribution in [0.5, 0.6) is 0 Å². The number of aromatic nitrogens is 1. The molecule has 2 heterocycles. The zero-order chi connectivity index (χ0) is 11.7.